The predicted octanol–water partition coefficient (Wildman–Crippen LogP) is -8.75. The van der Waals surface area contributed by atoms with Crippen LogP contribution in [0.15, 0.2) is 0 Å². The fourth-order valence-corrected chi connectivity index (χ4v) is 1.21. The van der Waals surface area contributed by atoms with Gasteiger partial charge in [-0.05, 0) is 0 Å². The molecule has 0 aliphatic carbocycles. The van der Waals surface area contributed by atoms with Crippen molar-refractivity contribution in [1.29, 1.82) is 0 Å². The molecule has 0 saturated carbocycles. The Kier molecular flexibility index (Phi) is 13.6. The molecule has 0 fully saturated rings. The molecular formula is C2H5NNa2O9S2. The van der Waals surface area contributed by atoms with E-state index >= 15 is 0 Å². The molecule has 0 bridgehead atoms. The maximum Gasteiger partial charge on any atom is 1.00 e. The first kappa shape index (κ1) is 22.8. The first-order valence-corrected chi connectivity index (χ1v) is 5.46. The number of rotatable bonds is 6. The second-order valence-corrected chi connectivity index (χ2v) is 3.82. The maximum absolute atomic E-state index is 9.94. The van der Waals surface area contributed by atoms with Gasteiger partial charge in [0.25, 0.3) is 0 Å². The van der Waals surface area contributed by atoms with Crippen LogP contribution >= 0.6 is 0 Å². The summed E-state index contributed by atoms with van der Waals surface area (Å²) in [5.41, 5.74) is 1.26. The molecule has 0 rings (SSSR count). The second-order valence-electron chi connectivity index (χ2n) is 1.80. The Hall–Kier alpha value is 1.66. The minimum atomic E-state index is -5.25. The third kappa shape index (κ3) is 15.7. The molecule has 0 aromatic rings. The average molecular weight is 297 g/mol. The van der Waals surface area contributed by atoms with E-state index in [9.17, 15) is 25.9 Å². The van der Waals surface area contributed by atoms with Crippen molar-refractivity contribution >= 4 is 20.8 Å². The van der Waals surface area contributed by atoms with Gasteiger partial charge in [0.1, 0.15) is 0 Å². The standard InChI is InChI=1S/C2H7NO9S2.2Na/c4-3-1-2(11-13(5,6)7)12-14(8,9)10;;/h2-4H,1H2,(H,5,6,7)(H,8,9,10);;/q;2*+1/p-2. The van der Waals surface area contributed by atoms with Crippen molar-refractivity contribution in [3.8, 4) is 0 Å². The van der Waals surface area contributed by atoms with Gasteiger partial charge in [-0.1, -0.05) is 0 Å². The Morgan fingerprint density at radius 2 is 1.38 bits per heavy atom. The second kappa shape index (κ2) is 9.57. The molecule has 0 atom stereocenters. The van der Waals surface area contributed by atoms with E-state index in [2.05, 4.69) is 8.37 Å². The minimum absolute atomic E-state index is 0. The maximum atomic E-state index is 9.94. The van der Waals surface area contributed by atoms with Crippen LogP contribution in [-0.2, 0) is 29.2 Å². The van der Waals surface area contributed by atoms with Crippen molar-refractivity contribution in [2.75, 3.05) is 6.54 Å². The zero-order valence-corrected chi connectivity index (χ0v) is 13.9. The van der Waals surface area contributed by atoms with Gasteiger partial charge in [0.05, 0.1) is 6.54 Å². The van der Waals surface area contributed by atoms with Gasteiger partial charge in [-0.3, -0.25) is 0 Å². The molecule has 0 aromatic heterocycles. The smallest absolute Gasteiger partial charge is 0.725 e. The van der Waals surface area contributed by atoms with Gasteiger partial charge < -0.3 is 14.3 Å². The molecule has 0 aliphatic heterocycles. The molecule has 0 amide bonds. The largest absolute Gasteiger partial charge is 1.00 e. The van der Waals surface area contributed by atoms with Crippen molar-refractivity contribution in [2.24, 2.45) is 0 Å². The molecule has 0 heterocycles. The molecule has 0 aliphatic rings. The van der Waals surface area contributed by atoms with Crippen LogP contribution in [0.5, 0.6) is 0 Å². The minimum Gasteiger partial charge on any atom is -0.725 e. The van der Waals surface area contributed by atoms with Gasteiger partial charge in [0.2, 0.25) is 27.1 Å². The molecule has 2 N–H and O–H groups in total. The Balaban J connectivity index is -0.000000845. The van der Waals surface area contributed by atoms with Crippen LogP contribution in [0, 0.1) is 0 Å². The third-order valence-corrected chi connectivity index (χ3v) is 1.61. The quantitative estimate of drug-likeness (QED) is 0.158. The fraction of sp³-hybridized carbons (Fsp3) is 1.00. The number of hydrogen-bond donors (Lipinski definition) is 2. The molecule has 14 heteroatoms. The topological polar surface area (TPSA) is 165 Å². The van der Waals surface area contributed by atoms with E-state index in [0.717, 1.165) is 0 Å². The number of hydroxylamine groups is 1. The zero-order chi connectivity index (χ0) is 11.4. The first-order chi connectivity index (χ1) is 6.14. The van der Waals surface area contributed by atoms with Gasteiger partial charge in [0.15, 0.2) is 0 Å². The van der Waals surface area contributed by atoms with Crippen molar-refractivity contribution in [2.45, 2.75) is 6.29 Å². The van der Waals surface area contributed by atoms with E-state index in [1.54, 1.807) is 0 Å². The van der Waals surface area contributed by atoms with Crippen molar-refractivity contribution in [3.05, 3.63) is 0 Å². The Labute approximate surface area is 136 Å². The molecule has 86 valence electrons. The fourth-order valence-electron chi connectivity index (χ4n) is 0.422. The summed E-state index contributed by atoms with van der Waals surface area (Å²) < 4.78 is 66.5. The molecular weight excluding hydrogens is 292 g/mol. The van der Waals surface area contributed by atoms with E-state index in [1.165, 1.54) is 5.48 Å². The van der Waals surface area contributed by atoms with E-state index in [4.69, 9.17) is 5.21 Å². The Morgan fingerprint density at radius 1 is 1.06 bits per heavy atom. The monoisotopic (exact) mass is 297 g/mol. The van der Waals surface area contributed by atoms with Crippen LogP contribution in [0.3, 0.4) is 0 Å². The SMILES string of the molecule is O=S(=O)([O-])OC(CNO)OS(=O)(=O)[O-].[Na+].[Na+]. The summed E-state index contributed by atoms with van der Waals surface area (Å²) in [6.45, 7) is -0.900. The number of nitrogens with one attached hydrogen (secondary N) is 1. The zero-order valence-electron chi connectivity index (χ0n) is 8.31. The third-order valence-electron chi connectivity index (χ3n) is 0.708. The van der Waals surface area contributed by atoms with Crippen LogP contribution in [0.1, 0.15) is 0 Å². The van der Waals surface area contributed by atoms with Crippen LogP contribution in [0.2, 0.25) is 0 Å². The van der Waals surface area contributed by atoms with Crippen LogP contribution in [0.25, 0.3) is 0 Å². The van der Waals surface area contributed by atoms with E-state index in [-0.39, 0.29) is 59.1 Å². The molecule has 16 heavy (non-hydrogen) atoms. The summed E-state index contributed by atoms with van der Waals surface area (Å²) in [4.78, 5) is 0. The summed E-state index contributed by atoms with van der Waals surface area (Å²) >= 11 is 0. The Morgan fingerprint density at radius 3 is 1.56 bits per heavy atom. The summed E-state index contributed by atoms with van der Waals surface area (Å²) in [7, 11) is -10.5. The van der Waals surface area contributed by atoms with Gasteiger partial charge >= 0.3 is 59.1 Å². The normalized spacial score (nSPS) is 11.8. The molecule has 10 nitrogen and oxygen atoms in total. The van der Waals surface area contributed by atoms with Gasteiger partial charge in [-0.25, -0.2) is 30.7 Å². The number of hydrogen-bond acceptors (Lipinski definition) is 10. The van der Waals surface area contributed by atoms with Crippen LogP contribution in [-0.4, -0.2) is 44.0 Å². The average Bonchev–Trinajstić information content (AvgIpc) is 1.78. The van der Waals surface area contributed by atoms with Gasteiger partial charge in [-0.2, -0.15) is 0 Å². The van der Waals surface area contributed by atoms with E-state index in [0.29, 0.717) is 0 Å². The Bertz CT molecular complexity index is 329. The van der Waals surface area contributed by atoms with Crippen molar-refractivity contribution in [3.63, 3.8) is 0 Å². The summed E-state index contributed by atoms with van der Waals surface area (Å²) in [6, 6.07) is 0. The van der Waals surface area contributed by atoms with Crippen LogP contribution < -0.4 is 64.6 Å². The van der Waals surface area contributed by atoms with Gasteiger partial charge in [0, 0.05) is 0 Å². The van der Waals surface area contributed by atoms with E-state index < -0.39 is 33.6 Å². The van der Waals surface area contributed by atoms with E-state index in [1.807, 2.05) is 0 Å². The molecule has 0 radical (unpaired) electrons. The molecule has 0 unspecified atom stereocenters. The van der Waals surface area contributed by atoms with Crippen molar-refractivity contribution in [1.82, 2.24) is 5.48 Å². The summed E-state index contributed by atoms with van der Waals surface area (Å²) in [5.74, 6) is 0. The van der Waals surface area contributed by atoms with Crippen molar-refractivity contribution < 1.29 is 98.6 Å². The van der Waals surface area contributed by atoms with Crippen LogP contribution in [0.4, 0.5) is 0 Å². The summed E-state index contributed by atoms with van der Waals surface area (Å²) in [6.07, 6.45) is -2.25. The summed E-state index contributed by atoms with van der Waals surface area (Å²) in [5, 5.41) is 8.03. The predicted molar refractivity (Wildman–Crippen MR) is 35.1 cm³/mol. The molecule has 0 saturated heterocycles. The molecule has 0 spiro atoms. The molecule has 0 aromatic carbocycles. The first-order valence-electron chi connectivity index (χ1n) is 2.79. The van der Waals surface area contributed by atoms with Gasteiger partial charge in [-0.15, -0.1) is 0 Å².